The van der Waals surface area contributed by atoms with E-state index in [0.29, 0.717) is 5.02 Å². The van der Waals surface area contributed by atoms with Gasteiger partial charge in [0, 0.05) is 21.8 Å². The highest BCUT2D eigenvalue weighted by atomic mass is 35.5. The number of para-hydroxylation sites is 1. The normalized spacial score (nSPS) is 10.7. The Labute approximate surface area is 134 Å². The van der Waals surface area contributed by atoms with Crippen molar-refractivity contribution >= 4 is 33.9 Å². The highest BCUT2D eigenvalue weighted by molar-refractivity contribution is 6.31. The Morgan fingerprint density at radius 1 is 1.05 bits per heavy atom. The summed E-state index contributed by atoms with van der Waals surface area (Å²) in [5.74, 6) is 0.750. The Morgan fingerprint density at radius 3 is 2.64 bits per heavy atom. The molecule has 0 spiro atoms. The number of aromatic nitrogens is 1. The summed E-state index contributed by atoms with van der Waals surface area (Å²) in [6.07, 6.45) is 0. The average molecular weight is 313 g/mol. The monoisotopic (exact) mass is 312 g/mol. The number of halogens is 1. The fourth-order valence-electron chi connectivity index (χ4n) is 2.55. The molecule has 0 aliphatic heterocycles. The molecule has 0 aliphatic carbocycles. The van der Waals surface area contributed by atoms with Crippen LogP contribution >= 0.6 is 11.6 Å². The molecule has 0 saturated heterocycles. The predicted molar refractivity (Wildman–Crippen MR) is 92.5 cm³/mol. The number of fused-ring (bicyclic) bond motifs is 1. The maximum Gasteiger partial charge on any atom is 0.142 e. The second-order valence-electron chi connectivity index (χ2n) is 5.25. The standard InChI is InChI=1S/C18H17ClN2O/c1-11-5-4-6-14-15(9-12(2)20-18(11)14)21-16-10-13(19)7-8-17(16)22-3/h4-10H,1-3H3,(H,20,21). The van der Waals surface area contributed by atoms with Crippen molar-refractivity contribution in [2.45, 2.75) is 13.8 Å². The van der Waals surface area contributed by atoms with Crippen LogP contribution in [0.15, 0.2) is 42.5 Å². The summed E-state index contributed by atoms with van der Waals surface area (Å²) < 4.78 is 5.40. The van der Waals surface area contributed by atoms with E-state index in [1.807, 2.05) is 37.3 Å². The molecule has 0 unspecified atom stereocenters. The van der Waals surface area contributed by atoms with E-state index < -0.39 is 0 Å². The van der Waals surface area contributed by atoms with E-state index in [1.54, 1.807) is 7.11 Å². The molecule has 1 heterocycles. The van der Waals surface area contributed by atoms with Crippen molar-refractivity contribution in [1.29, 1.82) is 0 Å². The Balaban J connectivity index is 2.15. The minimum Gasteiger partial charge on any atom is -0.495 e. The van der Waals surface area contributed by atoms with Crippen molar-refractivity contribution in [3.63, 3.8) is 0 Å². The van der Waals surface area contributed by atoms with Crippen molar-refractivity contribution in [2.75, 3.05) is 12.4 Å². The number of nitrogens with zero attached hydrogens (tertiary/aromatic N) is 1. The van der Waals surface area contributed by atoms with E-state index in [1.165, 1.54) is 0 Å². The minimum absolute atomic E-state index is 0.662. The third-order valence-corrected chi connectivity index (χ3v) is 3.84. The highest BCUT2D eigenvalue weighted by Crippen LogP contribution is 2.33. The minimum atomic E-state index is 0.662. The second kappa shape index (κ2) is 5.85. The summed E-state index contributed by atoms with van der Waals surface area (Å²) in [6, 6.07) is 13.7. The lowest BCUT2D eigenvalue weighted by Crippen LogP contribution is -1.98. The lowest BCUT2D eigenvalue weighted by molar-refractivity contribution is 0.417. The number of aryl methyl sites for hydroxylation is 2. The van der Waals surface area contributed by atoms with Gasteiger partial charge in [-0.05, 0) is 43.7 Å². The number of hydrogen-bond donors (Lipinski definition) is 1. The van der Waals surface area contributed by atoms with Crippen LogP contribution in [-0.2, 0) is 0 Å². The molecule has 0 radical (unpaired) electrons. The topological polar surface area (TPSA) is 34.1 Å². The third-order valence-electron chi connectivity index (χ3n) is 3.60. The molecule has 0 amide bonds. The first-order valence-electron chi connectivity index (χ1n) is 7.06. The first-order valence-corrected chi connectivity index (χ1v) is 7.44. The van der Waals surface area contributed by atoms with E-state index in [0.717, 1.165) is 39.3 Å². The van der Waals surface area contributed by atoms with Gasteiger partial charge < -0.3 is 10.1 Å². The molecule has 22 heavy (non-hydrogen) atoms. The molecule has 3 nitrogen and oxygen atoms in total. The summed E-state index contributed by atoms with van der Waals surface area (Å²) >= 11 is 6.11. The predicted octanol–water partition coefficient (Wildman–Crippen LogP) is 5.26. The number of nitrogens with one attached hydrogen (secondary N) is 1. The first-order chi connectivity index (χ1) is 10.6. The Morgan fingerprint density at radius 2 is 1.86 bits per heavy atom. The van der Waals surface area contributed by atoms with Gasteiger partial charge in [0.1, 0.15) is 5.75 Å². The largest absolute Gasteiger partial charge is 0.495 e. The number of anilines is 2. The van der Waals surface area contributed by atoms with Gasteiger partial charge in [-0.25, -0.2) is 0 Å². The molecule has 1 aromatic heterocycles. The summed E-state index contributed by atoms with van der Waals surface area (Å²) in [6.45, 7) is 4.06. The molecule has 1 N–H and O–H groups in total. The van der Waals surface area contributed by atoms with Gasteiger partial charge in [-0.15, -0.1) is 0 Å². The van der Waals surface area contributed by atoms with Gasteiger partial charge in [0.05, 0.1) is 18.3 Å². The second-order valence-corrected chi connectivity index (χ2v) is 5.69. The molecule has 0 atom stereocenters. The quantitative estimate of drug-likeness (QED) is 0.716. The molecule has 2 aromatic carbocycles. The molecule has 3 rings (SSSR count). The SMILES string of the molecule is COc1ccc(Cl)cc1Nc1cc(C)nc2c(C)cccc12. The van der Waals surface area contributed by atoms with Gasteiger partial charge in [-0.3, -0.25) is 4.98 Å². The molecule has 0 aliphatic rings. The first kappa shape index (κ1) is 14.7. The Hall–Kier alpha value is -2.26. The van der Waals surface area contributed by atoms with E-state index in [4.69, 9.17) is 16.3 Å². The molecule has 0 fully saturated rings. The number of ether oxygens (including phenoxy) is 1. The number of pyridine rings is 1. The zero-order chi connectivity index (χ0) is 15.7. The maximum absolute atomic E-state index is 6.11. The number of methoxy groups -OCH3 is 1. The molecule has 3 aromatic rings. The van der Waals surface area contributed by atoms with Gasteiger partial charge in [0.2, 0.25) is 0 Å². The molecular formula is C18H17ClN2O. The van der Waals surface area contributed by atoms with E-state index >= 15 is 0 Å². The molecule has 112 valence electrons. The van der Waals surface area contributed by atoms with Gasteiger partial charge in [-0.2, -0.15) is 0 Å². The summed E-state index contributed by atoms with van der Waals surface area (Å²) in [7, 11) is 1.65. The molecule has 0 bridgehead atoms. The van der Waals surface area contributed by atoms with Crippen molar-refractivity contribution in [3.8, 4) is 5.75 Å². The molecular weight excluding hydrogens is 296 g/mol. The summed E-state index contributed by atoms with van der Waals surface area (Å²) in [5, 5.41) is 5.16. The zero-order valence-electron chi connectivity index (χ0n) is 12.8. The van der Waals surface area contributed by atoms with Crippen LogP contribution in [-0.4, -0.2) is 12.1 Å². The van der Waals surface area contributed by atoms with Crippen LogP contribution in [0.4, 0.5) is 11.4 Å². The molecule has 0 saturated carbocycles. The van der Waals surface area contributed by atoms with Crippen LogP contribution in [0.2, 0.25) is 5.02 Å². The van der Waals surface area contributed by atoms with Crippen molar-refractivity contribution in [2.24, 2.45) is 0 Å². The van der Waals surface area contributed by atoms with Crippen LogP contribution in [0.3, 0.4) is 0 Å². The summed E-state index contributed by atoms with van der Waals surface area (Å²) in [5.41, 5.74) is 4.95. The van der Waals surface area contributed by atoms with Crippen LogP contribution in [0.5, 0.6) is 5.75 Å². The van der Waals surface area contributed by atoms with Crippen LogP contribution in [0, 0.1) is 13.8 Å². The van der Waals surface area contributed by atoms with Crippen LogP contribution in [0.1, 0.15) is 11.3 Å². The fourth-order valence-corrected chi connectivity index (χ4v) is 2.72. The Kier molecular flexibility index (Phi) is 3.90. The lowest BCUT2D eigenvalue weighted by atomic mass is 10.1. The molecule has 4 heteroatoms. The van der Waals surface area contributed by atoms with E-state index in [9.17, 15) is 0 Å². The highest BCUT2D eigenvalue weighted by Gasteiger charge is 2.09. The number of benzene rings is 2. The third kappa shape index (κ3) is 2.72. The maximum atomic E-state index is 6.11. The van der Waals surface area contributed by atoms with Gasteiger partial charge in [-0.1, -0.05) is 29.8 Å². The van der Waals surface area contributed by atoms with Gasteiger partial charge in [0.25, 0.3) is 0 Å². The van der Waals surface area contributed by atoms with Crippen LogP contribution in [0.25, 0.3) is 10.9 Å². The zero-order valence-corrected chi connectivity index (χ0v) is 13.5. The van der Waals surface area contributed by atoms with Crippen LogP contribution < -0.4 is 10.1 Å². The van der Waals surface area contributed by atoms with E-state index in [2.05, 4.69) is 29.4 Å². The van der Waals surface area contributed by atoms with Crippen molar-refractivity contribution in [3.05, 3.63) is 58.7 Å². The number of hydrogen-bond acceptors (Lipinski definition) is 3. The fraction of sp³-hybridized carbons (Fsp3) is 0.167. The Bertz CT molecular complexity index is 846. The van der Waals surface area contributed by atoms with Gasteiger partial charge in [0.15, 0.2) is 0 Å². The summed E-state index contributed by atoms with van der Waals surface area (Å²) in [4.78, 5) is 4.64. The lowest BCUT2D eigenvalue weighted by Gasteiger charge is -2.14. The van der Waals surface area contributed by atoms with Gasteiger partial charge >= 0.3 is 0 Å². The average Bonchev–Trinajstić information content (AvgIpc) is 2.49. The number of rotatable bonds is 3. The van der Waals surface area contributed by atoms with E-state index in [-0.39, 0.29) is 0 Å². The van der Waals surface area contributed by atoms with Crippen molar-refractivity contribution in [1.82, 2.24) is 4.98 Å². The smallest absolute Gasteiger partial charge is 0.142 e. The van der Waals surface area contributed by atoms with Crippen molar-refractivity contribution < 1.29 is 4.74 Å².